The van der Waals surface area contributed by atoms with Crippen LogP contribution in [-0.4, -0.2) is 19.1 Å². The molecule has 262 valence electrons. The van der Waals surface area contributed by atoms with Crippen molar-refractivity contribution >= 4 is 43.6 Å². The van der Waals surface area contributed by atoms with E-state index in [0.29, 0.717) is 5.82 Å². The molecule has 0 spiro atoms. The van der Waals surface area contributed by atoms with Crippen LogP contribution in [0.2, 0.25) is 0 Å². The van der Waals surface area contributed by atoms with Crippen LogP contribution in [0.15, 0.2) is 206 Å². The Bertz CT molecular complexity index is 3160. The van der Waals surface area contributed by atoms with Crippen molar-refractivity contribution in [2.45, 2.75) is 0 Å². The van der Waals surface area contributed by atoms with Crippen LogP contribution >= 0.6 is 0 Å². The molecule has 4 nitrogen and oxygen atoms in total. The lowest BCUT2D eigenvalue weighted by Crippen LogP contribution is -2.02. The summed E-state index contributed by atoms with van der Waals surface area (Å²) in [6.45, 7) is 0. The van der Waals surface area contributed by atoms with Crippen molar-refractivity contribution in [2.24, 2.45) is 0 Å². The third-order valence-corrected chi connectivity index (χ3v) is 10.9. The van der Waals surface area contributed by atoms with Crippen LogP contribution in [0.3, 0.4) is 0 Å². The minimum Gasteiger partial charge on any atom is -0.309 e. The lowest BCUT2D eigenvalue weighted by atomic mass is 9.90. The predicted octanol–water partition coefficient (Wildman–Crippen LogP) is 13.3. The van der Waals surface area contributed by atoms with E-state index in [1.54, 1.807) is 0 Å². The zero-order valence-electron chi connectivity index (χ0n) is 30.4. The molecule has 8 aromatic carbocycles. The van der Waals surface area contributed by atoms with Gasteiger partial charge in [-0.2, -0.15) is 0 Å². The summed E-state index contributed by atoms with van der Waals surface area (Å²) in [5, 5.41) is 4.80. The van der Waals surface area contributed by atoms with E-state index in [-0.39, 0.29) is 0 Å². The highest BCUT2D eigenvalue weighted by Crippen LogP contribution is 2.45. The van der Waals surface area contributed by atoms with Gasteiger partial charge in [0.1, 0.15) is 5.82 Å². The summed E-state index contributed by atoms with van der Waals surface area (Å²) < 4.78 is 4.72. The Hall–Kier alpha value is -7.56. The Morgan fingerprint density at radius 2 is 0.893 bits per heavy atom. The molecule has 11 aromatic rings. The van der Waals surface area contributed by atoms with Gasteiger partial charge in [0.25, 0.3) is 0 Å². The van der Waals surface area contributed by atoms with Gasteiger partial charge in [-0.05, 0) is 64.7 Å². The lowest BCUT2D eigenvalue weighted by Gasteiger charge is -2.15. The molecule has 0 aliphatic rings. The molecule has 0 N–H and O–H groups in total. The molecule has 0 saturated carbocycles. The Morgan fingerprint density at radius 3 is 1.61 bits per heavy atom. The molecule has 0 saturated heterocycles. The minimum absolute atomic E-state index is 0.690. The first-order valence-corrected chi connectivity index (χ1v) is 19.0. The van der Waals surface area contributed by atoms with E-state index in [2.05, 4.69) is 191 Å². The van der Waals surface area contributed by atoms with Crippen molar-refractivity contribution < 1.29 is 0 Å². The molecule has 4 heteroatoms. The molecular weight excluding hydrogens is 681 g/mol. The van der Waals surface area contributed by atoms with Gasteiger partial charge in [-0.3, -0.25) is 4.57 Å². The second-order valence-electron chi connectivity index (χ2n) is 14.2. The first-order chi connectivity index (χ1) is 27.8. The van der Waals surface area contributed by atoms with Crippen LogP contribution < -0.4 is 0 Å². The molecule has 56 heavy (non-hydrogen) atoms. The number of benzene rings is 8. The number of fused-ring (bicyclic) bond motifs is 6. The molecule has 3 heterocycles. The molecule has 3 aromatic heterocycles. The number of para-hydroxylation sites is 3. The van der Waals surface area contributed by atoms with Gasteiger partial charge in [-0.25, -0.2) is 9.97 Å². The van der Waals surface area contributed by atoms with Crippen molar-refractivity contribution in [1.82, 2.24) is 19.1 Å². The van der Waals surface area contributed by atoms with Crippen LogP contribution in [0.1, 0.15) is 0 Å². The Labute approximate surface area is 324 Å². The SMILES string of the molecule is c1ccc(-c2cc(-n3c4ccccc4c4c(-c5cc6c7ccccc7n(-c7ccccc7)c6cc5-c5ccccc5)cccc43)nc(-c3ccccc3)n2)cc1. The number of nitrogens with zero attached hydrogens (tertiary/aromatic N) is 4. The second-order valence-corrected chi connectivity index (χ2v) is 14.2. The van der Waals surface area contributed by atoms with E-state index in [1.807, 2.05) is 24.3 Å². The lowest BCUT2D eigenvalue weighted by molar-refractivity contribution is 1.05. The average molecular weight is 715 g/mol. The van der Waals surface area contributed by atoms with Crippen molar-refractivity contribution in [3.8, 4) is 56.4 Å². The molecule has 0 atom stereocenters. The Morgan fingerprint density at radius 1 is 0.321 bits per heavy atom. The Kier molecular flexibility index (Phi) is 7.46. The van der Waals surface area contributed by atoms with Gasteiger partial charge in [0.2, 0.25) is 0 Å². The summed E-state index contributed by atoms with van der Waals surface area (Å²) >= 11 is 0. The highest BCUT2D eigenvalue weighted by atomic mass is 15.1. The van der Waals surface area contributed by atoms with Gasteiger partial charge >= 0.3 is 0 Å². The normalized spacial score (nSPS) is 11.6. The van der Waals surface area contributed by atoms with Crippen LogP contribution in [0.5, 0.6) is 0 Å². The molecular formula is C52H34N4. The van der Waals surface area contributed by atoms with E-state index >= 15 is 0 Å². The highest BCUT2D eigenvalue weighted by Gasteiger charge is 2.22. The zero-order chi connectivity index (χ0) is 37.0. The molecule has 0 aliphatic carbocycles. The summed E-state index contributed by atoms with van der Waals surface area (Å²) in [6.07, 6.45) is 0. The maximum atomic E-state index is 5.30. The smallest absolute Gasteiger partial charge is 0.162 e. The highest BCUT2D eigenvalue weighted by molar-refractivity contribution is 6.19. The number of hydrogen-bond donors (Lipinski definition) is 0. The number of aromatic nitrogens is 4. The van der Waals surface area contributed by atoms with Crippen molar-refractivity contribution in [1.29, 1.82) is 0 Å². The van der Waals surface area contributed by atoms with Gasteiger partial charge in [-0.1, -0.05) is 158 Å². The van der Waals surface area contributed by atoms with Crippen LogP contribution in [0.4, 0.5) is 0 Å². The number of rotatable bonds is 6. The topological polar surface area (TPSA) is 35.6 Å². The Balaban J connectivity index is 1.23. The van der Waals surface area contributed by atoms with E-state index in [4.69, 9.17) is 9.97 Å². The van der Waals surface area contributed by atoms with Gasteiger partial charge in [-0.15, -0.1) is 0 Å². The van der Waals surface area contributed by atoms with E-state index < -0.39 is 0 Å². The zero-order valence-corrected chi connectivity index (χ0v) is 30.4. The van der Waals surface area contributed by atoms with Crippen molar-refractivity contribution in [2.75, 3.05) is 0 Å². The van der Waals surface area contributed by atoms with E-state index in [0.717, 1.165) is 39.4 Å². The van der Waals surface area contributed by atoms with Crippen LogP contribution in [0, 0.1) is 0 Å². The first kappa shape index (κ1) is 31.9. The average Bonchev–Trinajstić information content (AvgIpc) is 3.80. The summed E-state index contributed by atoms with van der Waals surface area (Å²) in [6, 6.07) is 73.3. The first-order valence-electron chi connectivity index (χ1n) is 19.0. The summed E-state index contributed by atoms with van der Waals surface area (Å²) in [4.78, 5) is 10.4. The van der Waals surface area contributed by atoms with Gasteiger partial charge < -0.3 is 4.57 Å². The predicted molar refractivity (Wildman–Crippen MR) is 232 cm³/mol. The van der Waals surface area contributed by atoms with Crippen LogP contribution in [0.25, 0.3) is 100 Å². The molecule has 0 bridgehead atoms. The molecule has 0 unspecified atom stereocenters. The standard InChI is InChI=1S/C52H34N4/c1-5-18-35(19-6-1)42-33-49-44(39-26-13-15-29-46(39)55(49)38-24-11-4-12-25-38)32-43(42)40-28-17-31-48-51(40)41-27-14-16-30-47(41)56(48)50-34-45(36-20-7-2-8-21-36)53-52(54-50)37-22-9-3-10-23-37/h1-34H. The van der Waals surface area contributed by atoms with E-state index in [1.165, 1.54) is 54.8 Å². The molecule has 11 rings (SSSR count). The third-order valence-electron chi connectivity index (χ3n) is 10.9. The largest absolute Gasteiger partial charge is 0.309 e. The fraction of sp³-hybridized carbons (Fsp3) is 0. The van der Waals surface area contributed by atoms with Crippen LogP contribution in [-0.2, 0) is 0 Å². The van der Waals surface area contributed by atoms with Crippen molar-refractivity contribution in [3.63, 3.8) is 0 Å². The summed E-state index contributed by atoms with van der Waals surface area (Å²) in [5.74, 6) is 1.52. The fourth-order valence-corrected chi connectivity index (χ4v) is 8.46. The number of hydrogen-bond acceptors (Lipinski definition) is 2. The fourth-order valence-electron chi connectivity index (χ4n) is 8.46. The third kappa shape index (κ3) is 5.15. The van der Waals surface area contributed by atoms with Gasteiger partial charge in [0.15, 0.2) is 5.82 Å². The molecule has 0 radical (unpaired) electrons. The maximum absolute atomic E-state index is 5.30. The minimum atomic E-state index is 0.690. The maximum Gasteiger partial charge on any atom is 0.162 e. The monoisotopic (exact) mass is 714 g/mol. The van der Waals surface area contributed by atoms with Crippen molar-refractivity contribution in [3.05, 3.63) is 206 Å². The molecule has 0 fully saturated rings. The second kappa shape index (κ2) is 13.1. The quantitative estimate of drug-likeness (QED) is 0.172. The molecule has 0 aliphatic heterocycles. The van der Waals surface area contributed by atoms with E-state index in [9.17, 15) is 0 Å². The molecule has 0 amide bonds. The van der Waals surface area contributed by atoms with Gasteiger partial charge in [0.05, 0.1) is 27.8 Å². The van der Waals surface area contributed by atoms with Gasteiger partial charge in [0, 0.05) is 44.4 Å². The summed E-state index contributed by atoms with van der Waals surface area (Å²) in [5.41, 5.74) is 13.3. The summed E-state index contributed by atoms with van der Waals surface area (Å²) in [7, 11) is 0.